The summed E-state index contributed by atoms with van der Waals surface area (Å²) >= 11 is 0. The van der Waals surface area contributed by atoms with E-state index in [-0.39, 0.29) is 22.7 Å². The highest BCUT2D eigenvalue weighted by Gasteiger charge is 2.32. The van der Waals surface area contributed by atoms with Gasteiger partial charge in [-0.15, -0.1) is 0 Å². The topological polar surface area (TPSA) is 125 Å². The fourth-order valence-corrected chi connectivity index (χ4v) is 6.19. The predicted molar refractivity (Wildman–Crippen MR) is 147 cm³/mol. The Balaban J connectivity index is 1.22. The summed E-state index contributed by atoms with van der Waals surface area (Å²) in [4.78, 5) is 8.99. The van der Waals surface area contributed by atoms with Crippen LogP contribution in [0.2, 0.25) is 0 Å². The Labute approximate surface area is 227 Å². The average molecular weight is 543 g/mol. The average Bonchev–Trinajstić information content (AvgIpc) is 2.98. The Kier molecular flexibility index (Phi) is 7.65. The van der Waals surface area contributed by atoms with Gasteiger partial charge in [-0.3, -0.25) is 0 Å². The van der Waals surface area contributed by atoms with E-state index in [0.717, 1.165) is 11.1 Å². The van der Waals surface area contributed by atoms with Gasteiger partial charge in [-0.2, -0.15) is 9.57 Å². The fourth-order valence-electron chi connectivity index (χ4n) is 4.72. The fraction of sp³-hybridized carbons (Fsp3) is 0.207. The largest absolute Gasteiger partial charge is 0.324 e. The summed E-state index contributed by atoms with van der Waals surface area (Å²) < 4.78 is 41.3. The molecule has 1 aromatic heterocycles. The minimum absolute atomic E-state index is 0.119. The van der Waals surface area contributed by atoms with Gasteiger partial charge < -0.3 is 11.1 Å². The summed E-state index contributed by atoms with van der Waals surface area (Å²) in [6, 6.07) is 23.4. The normalized spacial score (nSPS) is 15.4. The van der Waals surface area contributed by atoms with Crippen molar-refractivity contribution in [3.05, 3.63) is 102 Å². The first kappa shape index (κ1) is 26.4. The number of halogens is 1. The van der Waals surface area contributed by atoms with Crippen molar-refractivity contribution in [2.24, 2.45) is 11.7 Å². The molecule has 1 saturated heterocycles. The summed E-state index contributed by atoms with van der Waals surface area (Å²) in [7, 11) is -3.66. The van der Waals surface area contributed by atoms with Gasteiger partial charge in [0, 0.05) is 36.6 Å². The van der Waals surface area contributed by atoms with Crippen LogP contribution < -0.4 is 11.1 Å². The molecule has 8 nitrogen and oxygen atoms in total. The molecule has 3 aromatic carbocycles. The monoisotopic (exact) mass is 542 g/mol. The minimum atomic E-state index is -3.66. The lowest BCUT2D eigenvalue weighted by atomic mass is 9.86. The van der Waals surface area contributed by atoms with Gasteiger partial charge in [-0.05, 0) is 78.9 Å². The van der Waals surface area contributed by atoms with E-state index in [0.29, 0.717) is 48.8 Å². The van der Waals surface area contributed by atoms with E-state index >= 15 is 0 Å². The maximum absolute atomic E-state index is 13.3. The number of sulfonamides is 1. The van der Waals surface area contributed by atoms with Gasteiger partial charge in [0.25, 0.3) is 0 Å². The number of nitrogens with two attached hydrogens (primary N) is 1. The summed E-state index contributed by atoms with van der Waals surface area (Å²) in [5.41, 5.74) is 10.0. The number of benzene rings is 3. The second-order valence-corrected chi connectivity index (χ2v) is 11.4. The molecular weight excluding hydrogens is 515 g/mol. The van der Waals surface area contributed by atoms with Crippen LogP contribution in [-0.4, -0.2) is 35.8 Å². The lowest BCUT2D eigenvalue weighted by molar-refractivity contribution is 0.245. The lowest BCUT2D eigenvalue weighted by Gasteiger charge is -2.34. The summed E-state index contributed by atoms with van der Waals surface area (Å²) in [5, 5.41) is 12.1. The van der Waals surface area contributed by atoms with Gasteiger partial charge >= 0.3 is 0 Å². The lowest BCUT2D eigenvalue weighted by Crippen LogP contribution is -2.40. The third kappa shape index (κ3) is 5.96. The number of nitriles is 1. The summed E-state index contributed by atoms with van der Waals surface area (Å²) in [6.07, 6.45) is 2.89. The van der Waals surface area contributed by atoms with E-state index in [1.54, 1.807) is 60.8 Å². The minimum Gasteiger partial charge on any atom is -0.324 e. The molecule has 1 atom stereocenters. The molecular formula is C29H27FN6O2S. The molecule has 0 spiro atoms. The molecule has 1 fully saturated rings. The highest BCUT2D eigenvalue weighted by molar-refractivity contribution is 7.89. The molecule has 4 aromatic rings. The number of hydrogen-bond acceptors (Lipinski definition) is 7. The number of piperidine rings is 1. The van der Waals surface area contributed by atoms with E-state index < -0.39 is 10.0 Å². The first-order valence-corrected chi connectivity index (χ1v) is 14.0. The van der Waals surface area contributed by atoms with Crippen LogP contribution in [0.5, 0.6) is 0 Å². The highest BCUT2D eigenvalue weighted by atomic mass is 32.2. The van der Waals surface area contributed by atoms with Gasteiger partial charge in [0.05, 0.1) is 22.2 Å². The van der Waals surface area contributed by atoms with Crippen LogP contribution in [0.25, 0.3) is 11.3 Å². The first-order chi connectivity index (χ1) is 18.8. The summed E-state index contributed by atoms with van der Waals surface area (Å²) in [5.74, 6) is 0.179. The zero-order valence-corrected chi connectivity index (χ0v) is 21.9. The quantitative estimate of drug-likeness (QED) is 0.337. The van der Waals surface area contributed by atoms with Crippen LogP contribution in [0, 0.1) is 23.1 Å². The number of aromatic nitrogens is 2. The van der Waals surface area contributed by atoms with E-state index in [1.165, 1.54) is 16.4 Å². The third-order valence-electron chi connectivity index (χ3n) is 6.97. The van der Waals surface area contributed by atoms with Gasteiger partial charge in [0.1, 0.15) is 5.82 Å². The van der Waals surface area contributed by atoms with Crippen LogP contribution in [0.15, 0.2) is 90.0 Å². The molecule has 1 aliphatic heterocycles. The van der Waals surface area contributed by atoms with Crippen molar-refractivity contribution in [2.75, 3.05) is 18.4 Å². The van der Waals surface area contributed by atoms with Crippen molar-refractivity contribution >= 4 is 21.7 Å². The van der Waals surface area contributed by atoms with Crippen molar-refractivity contribution in [2.45, 2.75) is 23.8 Å². The number of rotatable bonds is 7. The Morgan fingerprint density at radius 1 is 0.974 bits per heavy atom. The van der Waals surface area contributed by atoms with Crippen LogP contribution in [0.1, 0.15) is 30.0 Å². The van der Waals surface area contributed by atoms with Gasteiger partial charge in [0.15, 0.2) is 0 Å². The Bertz CT molecular complexity index is 1580. The predicted octanol–water partition coefficient (Wildman–Crippen LogP) is 5.00. The number of nitrogens with one attached hydrogen (secondary N) is 1. The van der Waals surface area contributed by atoms with Crippen LogP contribution in [0.4, 0.5) is 16.0 Å². The molecule has 1 unspecified atom stereocenters. The molecule has 3 N–H and O–H groups in total. The van der Waals surface area contributed by atoms with E-state index in [4.69, 9.17) is 11.0 Å². The maximum Gasteiger partial charge on any atom is 0.243 e. The molecule has 0 amide bonds. The van der Waals surface area contributed by atoms with Gasteiger partial charge in [-0.25, -0.2) is 22.8 Å². The Hall–Kier alpha value is -4.17. The van der Waals surface area contributed by atoms with Crippen molar-refractivity contribution in [3.8, 4) is 17.3 Å². The van der Waals surface area contributed by atoms with Crippen molar-refractivity contribution in [3.63, 3.8) is 0 Å². The van der Waals surface area contributed by atoms with E-state index in [1.807, 2.05) is 12.1 Å². The number of hydrogen-bond donors (Lipinski definition) is 2. The molecule has 2 heterocycles. The number of nitrogens with zero attached hydrogens (tertiary/aromatic N) is 4. The number of anilines is 2. The molecule has 0 saturated carbocycles. The van der Waals surface area contributed by atoms with E-state index in [2.05, 4.69) is 21.4 Å². The van der Waals surface area contributed by atoms with Crippen molar-refractivity contribution in [1.82, 2.24) is 14.3 Å². The molecule has 1 aliphatic rings. The van der Waals surface area contributed by atoms with Crippen LogP contribution >= 0.6 is 0 Å². The zero-order chi connectivity index (χ0) is 27.4. The molecule has 0 bridgehead atoms. The van der Waals surface area contributed by atoms with Crippen molar-refractivity contribution < 1.29 is 12.8 Å². The first-order valence-electron chi connectivity index (χ1n) is 12.6. The second kappa shape index (κ2) is 11.3. The maximum atomic E-state index is 13.3. The molecule has 39 heavy (non-hydrogen) atoms. The molecule has 0 aliphatic carbocycles. The van der Waals surface area contributed by atoms with Crippen LogP contribution in [-0.2, 0) is 10.0 Å². The van der Waals surface area contributed by atoms with Gasteiger partial charge in [0.2, 0.25) is 16.0 Å². The molecule has 10 heteroatoms. The van der Waals surface area contributed by atoms with Crippen LogP contribution in [0.3, 0.4) is 0 Å². The Morgan fingerprint density at radius 3 is 2.28 bits per heavy atom. The molecule has 0 radical (unpaired) electrons. The SMILES string of the molecule is N#Cc1ccc(-c2ccnc(Nc3ccc(S(=O)(=O)N4CCC(C(N)c5ccc(F)cc5)CC4)cc3)n2)cc1. The molecule has 5 rings (SSSR count). The third-order valence-corrected chi connectivity index (χ3v) is 8.89. The van der Waals surface area contributed by atoms with Crippen molar-refractivity contribution in [1.29, 1.82) is 5.26 Å². The molecule has 198 valence electrons. The highest BCUT2D eigenvalue weighted by Crippen LogP contribution is 2.32. The smallest absolute Gasteiger partial charge is 0.243 e. The van der Waals surface area contributed by atoms with Gasteiger partial charge in [-0.1, -0.05) is 24.3 Å². The summed E-state index contributed by atoms with van der Waals surface area (Å²) in [6.45, 7) is 0.746. The standard InChI is InChI=1S/C29H27FN6O2S/c30-24-7-5-22(6-8-24)28(32)23-14-17-36(18-15-23)39(37,38)26-11-9-25(10-12-26)34-29-33-16-13-27(35-29)21-3-1-20(19-31)2-4-21/h1-13,16,23,28H,14-15,17-18,32H2,(H,33,34,35). The second-order valence-electron chi connectivity index (χ2n) is 9.42. The van der Waals surface area contributed by atoms with E-state index in [9.17, 15) is 12.8 Å². The zero-order valence-electron chi connectivity index (χ0n) is 21.0. The Morgan fingerprint density at radius 2 is 1.64 bits per heavy atom.